The van der Waals surface area contributed by atoms with Crippen molar-refractivity contribution < 1.29 is 14.8 Å². The van der Waals surface area contributed by atoms with E-state index in [1.165, 1.54) is 6.07 Å². The smallest absolute Gasteiger partial charge is 0.329 e. The van der Waals surface area contributed by atoms with E-state index in [0.717, 1.165) is 12.8 Å². The van der Waals surface area contributed by atoms with Gasteiger partial charge in [0.15, 0.2) is 0 Å². The molecule has 6 heteroatoms. The van der Waals surface area contributed by atoms with Gasteiger partial charge in [-0.05, 0) is 38.7 Å². The number of carboxylic acid groups (broad SMARTS) is 1. The second-order valence-corrected chi connectivity index (χ2v) is 5.17. The quantitative estimate of drug-likeness (QED) is 0.629. The van der Waals surface area contributed by atoms with Crippen LogP contribution >= 0.6 is 0 Å². The highest BCUT2D eigenvalue weighted by Gasteiger charge is 2.47. The highest BCUT2D eigenvalue weighted by Crippen LogP contribution is 2.42. The van der Waals surface area contributed by atoms with Crippen molar-refractivity contribution in [1.29, 1.82) is 0 Å². The molecule has 0 bridgehead atoms. The molecule has 1 aromatic rings. The summed E-state index contributed by atoms with van der Waals surface area (Å²) in [5.74, 6) is -0.858. The van der Waals surface area contributed by atoms with Gasteiger partial charge in [0.05, 0.1) is 4.92 Å². The molecule has 0 aliphatic heterocycles. The van der Waals surface area contributed by atoms with Crippen molar-refractivity contribution in [1.82, 2.24) is 0 Å². The lowest BCUT2D eigenvalue weighted by Gasteiger charge is -2.27. The first-order chi connectivity index (χ1) is 8.84. The average molecular weight is 264 g/mol. The van der Waals surface area contributed by atoms with Crippen LogP contribution in [0, 0.1) is 23.0 Å². The van der Waals surface area contributed by atoms with Crippen LogP contribution in [-0.4, -0.2) is 21.5 Å². The maximum atomic E-state index is 11.4. The minimum atomic E-state index is -1.07. The summed E-state index contributed by atoms with van der Waals surface area (Å²) < 4.78 is 0. The minimum absolute atomic E-state index is 0.00599. The lowest BCUT2D eigenvalue weighted by Crippen LogP contribution is -2.45. The summed E-state index contributed by atoms with van der Waals surface area (Å²) >= 11 is 0. The monoisotopic (exact) mass is 264 g/mol. The zero-order valence-electron chi connectivity index (χ0n) is 10.8. The van der Waals surface area contributed by atoms with E-state index in [4.69, 9.17) is 0 Å². The third kappa shape index (κ3) is 2.52. The van der Waals surface area contributed by atoms with Gasteiger partial charge in [-0.3, -0.25) is 10.1 Å². The predicted molar refractivity (Wildman–Crippen MR) is 70.2 cm³/mol. The Hall–Kier alpha value is -2.11. The number of aliphatic carboxylic acids is 1. The number of hydrogen-bond donors (Lipinski definition) is 2. The molecular formula is C13H16N2O4. The normalized spacial score (nSPS) is 17.6. The van der Waals surface area contributed by atoms with Gasteiger partial charge in [-0.15, -0.1) is 0 Å². The molecule has 1 saturated carbocycles. The average Bonchev–Trinajstić information content (AvgIpc) is 3.15. The van der Waals surface area contributed by atoms with Gasteiger partial charge in [0.25, 0.3) is 5.69 Å². The van der Waals surface area contributed by atoms with Crippen LogP contribution in [0.5, 0.6) is 0 Å². The van der Waals surface area contributed by atoms with Crippen LogP contribution in [0.3, 0.4) is 0 Å². The molecule has 102 valence electrons. The van der Waals surface area contributed by atoms with Crippen LogP contribution in [0.2, 0.25) is 0 Å². The Morgan fingerprint density at radius 2 is 2.16 bits per heavy atom. The first kappa shape index (κ1) is 13.3. The fourth-order valence-electron chi connectivity index (χ4n) is 2.17. The minimum Gasteiger partial charge on any atom is -0.480 e. The number of nitrogens with one attached hydrogen (secondary N) is 1. The zero-order chi connectivity index (χ0) is 14.2. The molecule has 2 N–H and O–H groups in total. The molecule has 1 unspecified atom stereocenters. The van der Waals surface area contributed by atoms with E-state index in [1.807, 2.05) is 0 Å². The number of benzene rings is 1. The van der Waals surface area contributed by atoms with E-state index >= 15 is 0 Å². The molecule has 1 fully saturated rings. The van der Waals surface area contributed by atoms with Crippen molar-refractivity contribution in [2.75, 3.05) is 5.32 Å². The van der Waals surface area contributed by atoms with Gasteiger partial charge < -0.3 is 10.4 Å². The lowest BCUT2D eigenvalue weighted by atomic mass is 9.95. The van der Waals surface area contributed by atoms with E-state index in [9.17, 15) is 20.0 Å². The van der Waals surface area contributed by atoms with Gasteiger partial charge in [-0.1, -0.05) is 6.07 Å². The van der Waals surface area contributed by atoms with Gasteiger partial charge in [0.2, 0.25) is 0 Å². The molecule has 0 radical (unpaired) electrons. The van der Waals surface area contributed by atoms with Crippen LogP contribution in [0.4, 0.5) is 11.4 Å². The van der Waals surface area contributed by atoms with Crippen LogP contribution in [-0.2, 0) is 4.79 Å². The molecule has 0 saturated heterocycles. The molecule has 0 aromatic heterocycles. The van der Waals surface area contributed by atoms with Crippen molar-refractivity contribution in [3.8, 4) is 0 Å². The largest absolute Gasteiger partial charge is 0.480 e. The second-order valence-electron chi connectivity index (χ2n) is 5.17. The lowest BCUT2D eigenvalue weighted by molar-refractivity contribution is -0.385. The molecule has 1 aliphatic rings. The van der Waals surface area contributed by atoms with E-state index in [2.05, 4.69) is 5.32 Å². The highest BCUT2D eigenvalue weighted by molar-refractivity contribution is 5.83. The predicted octanol–water partition coefficient (Wildman–Crippen LogP) is 2.57. The fourth-order valence-corrected chi connectivity index (χ4v) is 2.17. The van der Waals surface area contributed by atoms with Crippen molar-refractivity contribution in [2.45, 2.75) is 32.2 Å². The Labute approximate surface area is 110 Å². The van der Waals surface area contributed by atoms with Gasteiger partial charge in [-0.2, -0.15) is 0 Å². The van der Waals surface area contributed by atoms with Crippen LogP contribution in [0.25, 0.3) is 0 Å². The number of hydrogen-bond acceptors (Lipinski definition) is 4. The number of nitro benzene ring substituents is 1. The molecule has 0 spiro atoms. The second kappa shape index (κ2) is 4.53. The molecule has 0 heterocycles. The summed E-state index contributed by atoms with van der Waals surface area (Å²) in [5, 5.41) is 23.2. The molecule has 2 rings (SSSR count). The van der Waals surface area contributed by atoms with Crippen LogP contribution in [0.1, 0.15) is 25.3 Å². The van der Waals surface area contributed by atoms with Gasteiger partial charge >= 0.3 is 5.97 Å². The zero-order valence-corrected chi connectivity index (χ0v) is 10.8. The van der Waals surface area contributed by atoms with E-state index in [0.29, 0.717) is 11.3 Å². The maximum absolute atomic E-state index is 11.4. The van der Waals surface area contributed by atoms with Gasteiger partial charge in [0.1, 0.15) is 5.54 Å². The fraction of sp³-hybridized carbons (Fsp3) is 0.462. The first-order valence-electron chi connectivity index (χ1n) is 6.11. The SMILES string of the molecule is Cc1ccc(NC(C)(C(=O)O)C2CC2)cc1[N+](=O)[O-]. The Bertz CT molecular complexity index is 539. The van der Waals surface area contributed by atoms with Gasteiger partial charge in [0, 0.05) is 17.3 Å². The number of rotatable bonds is 5. The standard InChI is InChI=1S/C13H16N2O4/c1-8-3-6-10(7-11(8)15(18)19)14-13(2,12(16)17)9-4-5-9/h3,6-7,9,14H,4-5H2,1-2H3,(H,16,17). The van der Waals surface area contributed by atoms with Crippen molar-refractivity contribution in [3.05, 3.63) is 33.9 Å². The van der Waals surface area contributed by atoms with Crippen molar-refractivity contribution in [3.63, 3.8) is 0 Å². The Morgan fingerprint density at radius 3 is 2.63 bits per heavy atom. The van der Waals surface area contributed by atoms with Crippen LogP contribution < -0.4 is 5.32 Å². The third-order valence-electron chi connectivity index (χ3n) is 3.65. The summed E-state index contributed by atoms with van der Waals surface area (Å²) in [7, 11) is 0. The Kier molecular flexibility index (Phi) is 3.18. The molecule has 1 aromatic carbocycles. The molecule has 6 nitrogen and oxygen atoms in total. The van der Waals surface area contributed by atoms with E-state index in [-0.39, 0.29) is 11.6 Å². The summed E-state index contributed by atoms with van der Waals surface area (Å²) in [5.41, 5.74) is -0.0509. The van der Waals surface area contributed by atoms with Gasteiger partial charge in [-0.25, -0.2) is 4.79 Å². The molecule has 1 atom stereocenters. The van der Waals surface area contributed by atoms with E-state index < -0.39 is 16.4 Å². The summed E-state index contributed by atoms with van der Waals surface area (Å²) in [6, 6.07) is 4.68. The van der Waals surface area contributed by atoms with Crippen molar-refractivity contribution in [2.24, 2.45) is 5.92 Å². The molecule has 1 aliphatic carbocycles. The summed E-state index contributed by atoms with van der Waals surface area (Å²) in [6.07, 6.45) is 1.73. The topological polar surface area (TPSA) is 92.5 Å². The van der Waals surface area contributed by atoms with Crippen molar-refractivity contribution >= 4 is 17.3 Å². The number of nitrogens with zero attached hydrogens (tertiary/aromatic N) is 1. The van der Waals surface area contributed by atoms with Crippen LogP contribution in [0.15, 0.2) is 18.2 Å². The number of carboxylic acids is 1. The van der Waals surface area contributed by atoms with E-state index in [1.54, 1.807) is 26.0 Å². The third-order valence-corrected chi connectivity index (χ3v) is 3.65. The molecule has 19 heavy (non-hydrogen) atoms. The summed E-state index contributed by atoms with van der Waals surface area (Å²) in [6.45, 7) is 3.28. The number of carbonyl (C=O) groups is 1. The molecular weight excluding hydrogens is 248 g/mol. The molecule has 0 amide bonds. The number of aryl methyl sites for hydroxylation is 1. The highest BCUT2D eigenvalue weighted by atomic mass is 16.6. The Morgan fingerprint density at radius 1 is 1.53 bits per heavy atom. The first-order valence-corrected chi connectivity index (χ1v) is 6.11. The number of anilines is 1. The Balaban J connectivity index is 2.30. The maximum Gasteiger partial charge on any atom is 0.329 e. The summed E-state index contributed by atoms with van der Waals surface area (Å²) in [4.78, 5) is 21.8. The number of nitro groups is 1.